The Morgan fingerprint density at radius 2 is 1.24 bits per heavy atom. The van der Waals surface area contributed by atoms with Crippen LogP contribution >= 0.6 is 11.6 Å². The maximum absolute atomic E-state index is 6.34. The van der Waals surface area contributed by atoms with E-state index in [2.05, 4.69) is 91.5 Å². The van der Waals surface area contributed by atoms with Crippen molar-refractivity contribution < 1.29 is 0 Å². The maximum Gasteiger partial charge on any atom is 0.0476 e. The Bertz CT molecular complexity index is 1190. The third-order valence-corrected chi connectivity index (χ3v) is 6.14. The topological polar surface area (TPSA) is 3.24 Å². The number of benzene rings is 4. The number of rotatable bonds is 3. The van der Waals surface area contributed by atoms with Crippen LogP contribution in [0.1, 0.15) is 25.0 Å². The van der Waals surface area contributed by atoms with Crippen molar-refractivity contribution in [2.24, 2.45) is 0 Å². The molecular weight excluding hydrogens is 374 g/mol. The summed E-state index contributed by atoms with van der Waals surface area (Å²) in [7, 11) is 0. The molecular formula is C27H22ClN. The lowest BCUT2D eigenvalue weighted by Crippen LogP contribution is -2.15. The molecule has 2 heteroatoms. The first-order chi connectivity index (χ1) is 14.1. The highest BCUT2D eigenvalue weighted by molar-refractivity contribution is 6.30. The lowest BCUT2D eigenvalue weighted by molar-refractivity contribution is 0.660. The van der Waals surface area contributed by atoms with Crippen LogP contribution in [0.25, 0.3) is 11.1 Å². The van der Waals surface area contributed by atoms with Crippen molar-refractivity contribution in [2.45, 2.75) is 19.3 Å². The molecule has 0 heterocycles. The van der Waals surface area contributed by atoms with E-state index in [1.165, 1.54) is 22.3 Å². The van der Waals surface area contributed by atoms with Gasteiger partial charge in [-0.25, -0.2) is 0 Å². The monoisotopic (exact) mass is 395 g/mol. The minimum Gasteiger partial charge on any atom is -0.310 e. The van der Waals surface area contributed by atoms with E-state index in [0.717, 1.165) is 22.1 Å². The maximum atomic E-state index is 6.34. The highest BCUT2D eigenvalue weighted by Crippen LogP contribution is 2.50. The van der Waals surface area contributed by atoms with Gasteiger partial charge in [0, 0.05) is 27.5 Å². The van der Waals surface area contributed by atoms with Crippen LogP contribution in [-0.2, 0) is 5.41 Å². The molecule has 0 N–H and O–H groups in total. The lowest BCUT2D eigenvalue weighted by atomic mass is 9.82. The quantitative estimate of drug-likeness (QED) is 0.338. The van der Waals surface area contributed by atoms with Crippen LogP contribution in [0.5, 0.6) is 0 Å². The zero-order valence-corrected chi connectivity index (χ0v) is 17.3. The van der Waals surface area contributed by atoms with Gasteiger partial charge in [-0.15, -0.1) is 0 Å². The highest BCUT2D eigenvalue weighted by atomic mass is 35.5. The molecule has 0 bridgehead atoms. The van der Waals surface area contributed by atoms with Crippen LogP contribution < -0.4 is 4.90 Å². The van der Waals surface area contributed by atoms with E-state index in [-0.39, 0.29) is 5.41 Å². The Balaban J connectivity index is 1.72. The molecule has 0 unspecified atom stereocenters. The van der Waals surface area contributed by atoms with E-state index < -0.39 is 0 Å². The molecule has 0 radical (unpaired) electrons. The number of fused-ring (bicyclic) bond motifs is 3. The van der Waals surface area contributed by atoms with E-state index >= 15 is 0 Å². The van der Waals surface area contributed by atoms with E-state index in [0.29, 0.717) is 0 Å². The van der Waals surface area contributed by atoms with Crippen LogP contribution in [0.4, 0.5) is 17.1 Å². The molecule has 0 amide bonds. The number of anilines is 3. The molecule has 1 aliphatic rings. The summed E-state index contributed by atoms with van der Waals surface area (Å²) in [5, 5.41) is 0.732. The third kappa shape index (κ3) is 2.94. The summed E-state index contributed by atoms with van der Waals surface area (Å²) in [6.07, 6.45) is 0. The zero-order valence-electron chi connectivity index (χ0n) is 16.6. The van der Waals surface area contributed by atoms with Crippen molar-refractivity contribution in [3.8, 4) is 11.1 Å². The Hall–Kier alpha value is -3.03. The number of hydrogen-bond acceptors (Lipinski definition) is 1. The largest absolute Gasteiger partial charge is 0.310 e. The Labute approximate surface area is 177 Å². The molecule has 142 valence electrons. The minimum absolute atomic E-state index is 0.0120. The van der Waals surface area contributed by atoms with Gasteiger partial charge in [0.1, 0.15) is 0 Å². The van der Waals surface area contributed by atoms with Gasteiger partial charge >= 0.3 is 0 Å². The standard InChI is InChI=1S/C27H22ClN/c1-27(2)25-14-7-6-13-23(25)24-18-22(15-16-26(24)27)29(20-10-4-3-5-11-20)21-12-8-9-19(28)17-21/h3-18H,1-2H3. The predicted molar refractivity (Wildman–Crippen MR) is 124 cm³/mol. The SMILES string of the molecule is CC1(C)c2ccccc2-c2cc(N(c3ccccc3)c3cccc(Cl)c3)ccc21. The molecule has 0 aromatic heterocycles. The third-order valence-electron chi connectivity index (χ3n) is 5.91. The van der Waals surface area contributed by atoms with Gasteiger partial charge in [0.25, 0.3) is 0 Å². The molecule has 0 spiro atoms. The summed E-state index contributed by atoms with van der Waals surface area (Å²) >= 11 is 6.34. The van der Waals surface area contributed by atoms with E-state index in [1.54, 1.807) is 0 Å². The fourth-order valence-corrected chi connectivity index (χ4v) is 4.67. The van der Waals surface area contributed by atoms with Crippen LogP contribution in [-0.4, -0.2) is 0 Å². The second-order valence-electron chi connectivity index (χ2n) is 8.05. The molecule has 29 heavy (non-hydrogen) atoms. The van der Waals surface area contributed by atoms with Gasteiger partial charge in [-0.3, -0.25) is 0 Å². The molecule has 0 saturated carbocycles. The first-order valence-electron chi connectivity index (χ1n) is 9.91. The minimum atomic E-state index is 0.0120. The first kappa shape index (κ1) is 18.0. The summed E-state index contributed by atoms with van der Waals surface area (Å²) < 4.78 is 0. The van der Waals surface area contributed by atoms with Gasteiger partial charge in [-0.2, -0.15) is 0 Å². The van der Waals surface area contributed by atoms with Gasteiger partial charge in [-0.05, 0) is 64.7 Å². The number of halogens is 1. The van der Waals surface area contributed by atoms with Gasteiger partial charge in [0.15, 0.2) is 0 Å². The molecule has 4 aromatic rings. The highest BCUT2D eigenvalue weighted by Gasteiger charge is 2.35. The summed E-state index contributed by atoms with van der Waals surface area (Å²) in [6.45, 7) is 4.62. The zero-order chi connectivity index (χ0) is 20.0. The molecule has 1 aliphatic carbocycles. The second kappa shape index (κ2) is 6.79. The van der Waals surface area contributed by atoms with Crippen LogP contribution in [0.15, 0.2) is 97.1 Å². The average Bonchev–Trinajstić information content (AvgIpc) is 2.97. The van der Waals surface area contributed by atoms with Crippen molar-refractivity contribution in [2.75, 3.05) is 4.90 Å². The summed E-state index contributed by atoms with van der Waals surface area (Å²) in [6, 6.07) is 34.0. The molecule has 0 aliphatic heterocycles. The Morgan fingerprint density at radius 1 is 0.586 bits per heavy atom. The lowest BCUT2D eigenvalue weighted by Gasteiger charge is -2.27. The van der Waals surface area contributed by atoms with Crippen molar-refractivity contribution in [3.05, 3.63) is 113 Å². The number of hydrogen-bond donors (Lipinski definition) is 0. The fraction of sp³-hybridized carbons (Fsp3) is 0.111. The van der Waals surface area contributed by atoms with Gasteiger partial charge in [0.2, 0.25) is 0 Å². The first-order valence-corrected chi connectivity index (χ1v) is 10.3. The predicted octanol–water partition coefficient (Wildman–Crippen LogP) is 8.12. The number of para-hydroxylation sites is 1. The second-order valence-corrected chi connectivity index (χ2v) is 8.49. The van der Waals surface area contributed by atoms with E-state index in [1.807, 2.05) is 24.3 Å². The number of nitrogens with zero attached hydrogens (tertiary/aromatic N) is 1. The Kier molecular flexibility index (Phi) is 4.22. The van der Waals surface area contributed by atoms with Crippen molar-refractivity contribution >= 4 is 28.7 Å². The summed E-state index contributed by atoms with van der Waals surface area (Å²) in [5.74, 6) is 0. The molecule has 1 nitrogen and oxygen atoms in total. The van der Waals surface area contributed by atoms with Gasteiger partial charge in [0.05, 0.1) is 0 Å². The Morgan fingerprint density at radius 3 is 2.03 bits per heavy atom. The molecule has 0 fully saturated rings. The van der Waals surface area contributed by atoms with E-state index in [9.17, 15) is 0 Å². The smallest absolute Gasteiger partial charge is 0.0476 e. The van der Waals surface area contributed by atoms with Gasteiger partial charge in [-0.1, -0.05) is 80.0 Å². The fourth-order valence-electron chi connectivity index (χ4n) is 4.49. The van der Waals surface area contributed by atoms with Gasteiger partial charge < -0.3 is 4.90 Å². The summed E-state index contributed by atoms with van der Waals surface area (Å²) in [5.41, 5.74) is 8.71. The normalized spacial score (nSPS) is 13.6. The average molecular weight is 396 g/mol. The molecule has 5 rings (SSSR count). The van der Waals surface area contributed by atoms with Crippen LogP contribution in [0, 0.1) is 0 Å². The van der Waals surface area contributed by atoms with Crippen LogP contribution in [0.3, 0.4) is 0 Å². The van der Waals surface area contributed by atoms with E-state index in [4.69, 9.17) is 11.6 Å². The molecule has 0 atom stereocenters. The summed E-state index contributed by atoms with van der Waals surface area (Å²) in [4.78, 5) is 2.26. The van der Waals surface area contributed by atoms with Crippen molar-refractivity contribution in [1.29, 1.82) is 0 Å². The molecule has 4 aromatic carbocycles. The van der Waals surface area contributed by atoms with Crippen LogP contribution in [0.2, 0.25) is 5.02 Å². The van der Waals surface area contributed by atoms with Crippen molar-refractivity contribution in [1.82, 2.24) is 0 Å². The van der Waals surface area contributed by atoms with Crippen molar-refractivity contribution in [3.63, 3.8) is 0 Å². The molecule has 0 saturated heterocycles.